The number of likely N-dealkylation sites (tertiary alicyclic amines) is 1. The lowest BCUT2D eigenvalue weighted by atomic mass is 9.73. The zero-order valence-corrected chi connectivity index (χ0v) is 43.7. The Labute approximate surface area is 427 Å². The highest BCUT2D eigenvalue weighted by Gasteiger charge is 2.53. The number of aromatic nitrogens is 3. The minimum absolute atomic E-state index is 0.0171. The van der Waals surface area contributed by atoms with Crippen molar-refractivity contribution in [1.29, 1.82) is 0 Å². The van der Waals surface area contributed by atoms with Gasteiger partial charge in [-0.1, -0.05) is 19.9 Å². The molecule has 8 bridgehead atoms. The summed E-state index contributed by atoms with van der Waals surface area (Å²) in [4.78, 5) is 60.7. The topological polar surface area (TPSA) is 165 Å². The van der Waals surface area contributed by atoms with Crippen molar-refractivity contribution in [2.24, 2.45) is 11.3 Å². The summed E-state index contributed by atoms with van der Waals surface area (Å²) >= 11 is 1.42. The van der Waals surface area contributed by atoms with Crippen LogP contribution < -0.4 is 15.6 Å². The van der Waals surface area contributed by atoms with Gasteiger partial charge < -0.3 is 43.4 Å². The molecule has 2 aliphatic carbocycles. The van der Waals surface area contributed by atoms with Crippen LogP contribution >= 0.6 is 11.3 Å². The smallest absolute Gasteiger partial charge is 0.325 e. The maximum Gasteiger partial charge on any atom is 0.325 e. The number of amides is 3. The van der Waals surface area contributed by atoms with E-state index in [9.17, 15) is 14.4 Å². The number of benzene rings is 1. The SMILES string of the molecule is CCO[C@@H]1c2nc(cs2)-c2ccc3c(c2)c(c(-c2cc(N4CCN(C5CC5)CC4)cnc2[C@H](C)OC)n3CCOC2CCOCC2)CC(C)(C)COC(=O)[C@H]2NN(C(=O)[C@H]1NC(=O)N1CC[C@H]1C)C1CC2C1. The third-order valence-corrected chi connectivity index (χ3v) is 17.4. The molecule has 0 unspecified atom stereocenters. The Balaban J connectivity index is 1.05. The molecule has 2 N–H and O–H groups in total. The van der Waals surface area contributed by atoms with E-state index in [-0.39, 0.29) is 55.4 Å². The molecule has 7 fully saturated rings. The number of hydrogen-bond donors (Lipinski definition) is 2. The van der Waals surface area contributed by atoms with Crippen LogP contribution in [0.5, 0.6) is 0 Å². The number of nitrogens with zero attached hydrogens (tertiary/aromatic N) is 7. The Bertz CT molecular complexity index is 2630. The van der Waals surface area contributed by atoms with E-state index in [1.54, 1.807) is 17.0 Å². The summed E-state index contributed by atoms with van der Waals surface area (Å²) in [6.07, 6.45) is 8.03. The number of hydrazine groups is 1. The molecule has 5 atom stereocenters. The van der Waals surface area contributed by atoms with Gasteiger partial charge in [0.25, 0.3) is 5.91 Å². The minimum atomic E-state index is -1.12. The van der Waals surface area contributed by atoms with E-state index in [4.69, 9.17) is 33.7 Å². The highest BCUT2D eigenvalue weighted by Crippen LogP contribution is 2.45. The van der Waals surface area contributed by atoms with Crippen molar-refractivity contribution in [3.63, 3.8) is 0 Å². The summed E-state index contributed by atoms with van der Waals surface area (Å²) in [7, 11) is 1.74. The van der Waals surface area contributed by atoms with Gasteiger partial charge in [0.2, 0.25) is 0 Å². The van der Waals surface area contributed by atoms with Gasteiger partial charge in [-0.3, -0.25) is 24.5 Å². The molecule has 12 rings (SSSR count). The highest BCUT2D eigenvalue weighted by molar-refractivity contribution is 7.10. The lowest BCUT2D eigenvalue weighted by Crippen LogP contribution is -2.72. The van der Waals surface area contributed by atoms with Gasteiger partial charge in [-0.15, -0.1) is 11.3 Å². The number of carbonyl (C=O) groups is 3. The van der Waals surface area contributed by atoms with Crippen LogP contribution in [0.3, 0.4) is 0 Å². The molecular weight excluding hydrogens is 935 g/mol. The molecule has 3 amide bonds. The number of piperazine rings is 1. The first-order valence-electron chi connectivity index (χ1n) is 26.6. The summed E-state index contributed by atoms with van der Waals surface area (Å²) in [5.74, 6) is -0.740. The molecule has 72 heavy (non-hydrogen) atoms. The fourth-order valence-corrected chi connectivity index (χ4v) is 12.8. The number of hydrogen-bond acceptors (Lipinski definition) is 14. The van der Waals surface area contributed by atoms with Gasteiger partial charge in [-0.25, -0.2) is 15.2 Å². The van der Waals surface area contributed by atoms with Crippen LogP contribution in [0.4, 0.5) is 10.5 Å². The number of ether oxygens (including phenoxy) is 5. The van der Waals surface area contributed by atoms with E-state index in [1.165, 1.54) is 24.2 Å². The number of cyclic esters (lactones) is 1. The van der Waals surface area contributed by atoms with Crippen molar-refractivity contribution >= 4 is 45.8 Å². The first kappa shape index (κ1) is 49.5. The largest absolute Gasteiger partial charge is 0.464 e. The zero-order chi connectivity index (χ0) is 49.8. The average molecular weight is 1010 g/mol. The number of anilines is 1. The molecule has 8 aliphatic rings. The number of pyridine rings is 1. The van der Waals surface area contributed by atoms with Crippen LogP contribution in [0.25, 0.3) is 33.4 Å². The van der Waals surface area contributed by atoms with Crippen molar-refractivity contribution in [2.45, 2.75) is 141 Å². The maximum absolute atomic E-state index is 15.0. The number of nitrogens with one attached hydrogen (secondary N) is 2. The molecule has 0 radical (unpaired) electrons. The molecule has 5 saturated heterocycles. The Kier molecular flexibility index (Phi) is 14.1. The average Bonchev–Trinajstić information content (AvgIpc) is 4.05. The molecule has 1 aromatic carbocycles. The summed E-state index contributed by atoms with van der Waals surface area (Å²) in [5, 5.41) is 8.31. The van der Waals surface area contributed by atoms with Crippen LogP contribution in [0.15, 0.2) is 35.8 Å². The Morgan fingerprint density at radius 2 is 1.81 bits per heavy atom. The highest BCUT2D eigenvalue weighted by atomic mass is 32.1. The van der Waals surface area contributed by atoms with Crippen molar-refractivity contribution < 1.29 is 38.1 Å². The predicted octanol–water partition coefficient (Wildman–Crippen LogP) is 6.88. The maximum atomic E-state index is 15.0. The monoisotopic (exact) mass is 1010 g/mol. The standard InChI is InChI=1S/C54H73N9O8S/c1-7-69-49-47(57-53(66)61-15-12-32(61)2)51(64)63-37-24-35(25-37)46(58-63)52(65)71-31-54(4,5)28-42-40-26-34(43-30-72-50(49)56-43)8-11-44(40)62(20-23-70-39-13-21-68-22-14-39)48(42)41-27-38(29-55-45(41)33(3)67-6)60-18-16-59(17-19-60)36-9-10-36/h8,11,26-27,29-30,32-33,35-37,39,46-47,49,58H,7,9-10,12-25,28,31H2,1-6H3,(H,57,66)/t32-,33+,35?,37?,46+,47+,49+/m1/s1. The quantitative estimate of drug-likeness (QED) is 0.141. The number of thiazole rings is 1. The molecule has 18 heteroatoms. The van der Waals surface area contributed by atoms with Crippen LogP contribution in [0, 0.1) is 11.3 Å². The second kappa shape index (κ2) is 20.6. The molecule has 17 nitrogen and oxygen atoms in total. The fourth-order valence-electron chi connectivity index (χ4n) is 11.8. The van der Waals surface area contributed by atoms with Crippen molar-refractivity contribution in [2.75, 3.05) is 77.8 Å². The Hall–Kier alpha value is -4.69. The number of rotatable bonds is 12. The van der Waals surface area contributed by atoms with Gasteiger partial charge >= 0.3 is 12.0 Å². The van der Waals surface area contributed by atoms with E-state index in [1.807, 2.05) is 25.4 Å². The summed E-state index contributed by atoms with van der Waals surface area (Å²) < 4.78 is 33.7. The van der Waals surface area contributed by atoms with E-state index < -0.39 is 29.6 Å². The number of methoxy groups -OCH3 is 1. The van der Waals surface area contributed by atoms with Crippen LogP contribution in [-0.4, -0.2) is 156 Å². The third-order valence-electron chi connectivity index (χ3n) is 16.5. The van der Waals surface area contributed by atoms with E-state index in [0.717, 1.165) is 102 Å². The Morgan fingerprint density at radius 1 is 1.01 bits per heavy atom. The van der Waals surface area contributed by atoms with E-state index in [2.05, 4.69) is 70.1 Å². The first-order chi connectivity index (χ1) is 34.9. The van der Waals surface area contributed by atoms with Gasteiger partial charge in [-0.05, 0) is 102 Å². The number of urea groups is 1. The van der Waals surface area contributed by atoms with Crippen LogP contribution in [0.2, 0.25) is 0 Å². The van der Waals surface area contributed by atoms with Crippen molar-refractivity contribution in [3.05, 3.63) is 52.1 Å². The van der Waals surface area contributed by atoms with E-state index >= 15 is 0 Å². The lowest BCUT2D eigenvalue weighted by molar-refractivity contribution is -0.172. The van der Waals surface area contributed by atoms with Crippen molar-refractivity contribution in [1.82, 2.24) is 40.1 Å². The van der Waals surface area contributed by atoms with Gasteiger partial charge in [0.05, 0.1) is 54.4 Å². The first-order valence-corrected chi connectivity index (χ1v) is 27.5. The fraction of sp³-hybridized carbons (Fsp3) is 0.648. The zero-order valence-electron chi connectivity index (χ0n) is 42.9. The van der Waals surface area contributed by atoms with Gasteiger partial charge in [0.1, 0.15) is 23.2 Å². The van der Waals surface area contributed by atoms with Crippen molar-refractivity contribution in [3.8, 4) is 22.5 Å². The third kappa shape index (κ3) is 9.77. The molecule has 6 aliphatic heterocycles. The molecule has 4 aromatic rings. The molecular formula is C54H73N9O8S. The number of carbonyl (C=O) groups excluding carboxylic acids is 3. The molecule has 9 heterocycles. The van der Waals surface area contributed by atoms with Crippen LogP contribution in [-0.2, 0) is 46.2 Å². The lowest BCUT2D eigenvalue weighted by Gasteiger charge is -2.53. The van der Waals surface area contributed by atoms with Gasteiger partial charge in [-0.2, -0.15) is 0 Å². The summed E-state index contributed by atoms with van der Waals surface area (Å²) in [5.41, 5.74) is 10.6. The summed E-state index contributed by atoms with van der Waals surface area (Å²) in [6, 6.07) is 7.36. The second-order valence-corrected chi connectivity index (χ2v) is 22.9. The van der Waals surface area contributed by atoms with Gasteiger partial charge in [0.15, 0.2) is 0 Å². The molecule has 388 valence electrons. The molecule has 3 aromatic heterocycles. The Morgan fingerprint density at radius 3 is 2.51 bits per heavy atom. The summed E-state index contributed by atoms with van der Waals surface area (Å²) in [6.45, 7) is 17.7. The van der Waals surface area contributed by atoms with E-state index in [0.29, 0.717) is 57.2 Å². The second-order valence-electron chi connectivity index (χ2n) is 22.0. The minimum Gasteiger partial charge on any atom is -0.464 e. The van der Waals surface area contributed by atoms with Crippen LogP contribution in [0.1, 0.15) is 108 Å². The normalized spacial score (nSPS) is 27.5. The molecule has 2 saturated carbocycles. The molecule has 0 spiro atoms. The van der Waals surface area contributed by atoms with Gasteiger partial charge in [0, 0.05) is 117 Å². The predicted molar refractivity (Wildman–Crippen MR) is 274 cm³/mol. The number of fused-ring (bicyclic) bond motifs is 4. The number of esters is 1.